The fraction of sp³-hybridized carbons (Fsp3) is 0.417. The number of aromatic hydroxyl groups is 1. The van der Waals surface area contributed by atoms with Gasteiger partial charge < -0.3 is 10.8 Å². The Kier molecular flexibility index (Phi) is 6.68. The number of aryl methyl sites for hydroxylation is 2. The number of halogens is 1. The number of nitrogens with two attached hydrogens (primary N) is 1. The Balaban J connectivity index is 2.00. The Bertz CT molecular complexity index is 825. The molecule has 0 atom stereocenters. The molecule has 0 unspecified atom stereocenters. The van der Waals surface area contributed by atoms with Crippen molar-refractivity contribution in [3.63, 3.8) is 0 Å². The summed E-state index contributed by atoms with van der Waals surface area (Å²) in [5.74, 6) is 0.179. The SMILES string of the molecule is Cc1cc(C2=C(CCCCCCN)c3ccc(O)cc3CCC2)ccc1F. The quantitative estimate of drug-likeness (QED) is 0.590. The first kappa shape index (κ1) is 19.6. The topological polar surface area (TPSA) is 46.2 Å². The molecule has 0 amide bonds. The number of phenolic OH excluding ortho intramolecular Hbond substituents is 1. The lowest BCUT2D eigenvalue weighted by atomic mass is 9.88. The fourth-order valence-electron chi connectivity index (χ4n) is 4.09. The Morgan fingerprint density at radius 1 is 1.00 bits per heavy atom. The van der Waals surface area contributed by atoms with E-state index in [1.165, 1.54) is 28.7 Å². The van der Waals surface area contributed by atoms with Gasteiger partial charge in [0.1, 0.15) is 11.6 Å². The molecule has 144 valence electrons. The highest BCUT2D eigenvalue weighted by molar-refractivity contribution is 5.92. The van der Waals surface area contributed by atoms with Crippen molar-refractivity contribution in [3.05, 3.63) is 64.5 Å². The van der Waals surface area contributed by atoms with Crippen LogP contribution in [-0.4, -0.2) is 11.7 Å². The summed E-state index contributed by atoms with van der Waals surface area (Å²) < 4.78 is 13.8. The molecule has 0 aliphatic heterocycles. The van der Waals surface area contributed by atoms with Crippen molar-refractivity contribution in [1.82, 2.24) is 0 Å². The Hall–Kier alpha value is -2.13. The second-order valence-corrected chi connectivity index (χ2v) is 7.57. The van der Waals surface area contributed by atoms with Crippen LogP contribution in [0, 0.1) is 12.7 Å². The van der Waals surface area contributed by atoms with Crippen LogP contribution in [-0.2, 0) is 6.42 Å². The third kappa shape index (κ3) is 4.78. The van der Waals surface area contributed by atoms with Gasteiger partial charge in [-0.05, 0) is 110 Å². The third-order valence-electron chi connectivity index (χ3n) is 5.54. The number of fused-ring (bicyclic) bond motifs is 1. The minimum absolute atomic E-state index is 0.151. The molecule has 3 N–H and O–H groups in total. The summed E-state index contributed by atoms with van der Waals surface area (Å²) in [5.41, 5.74) is 12.6. The second kappa shape index (κ2) is 9.18. The predicted octanol–water partition coefficient (Wildman–Crippen LogP) is 6.00. The van der Waals surface area contributed by atoms with E-state index in [1.54, 1.807) is 12.1 Å². The van der Waals surface area contributed by atoms with Crippen LogP contribution in [0.1, 0.15) is 67.2 Å². The molecular weight excluding hydrogens is 337 g/mol. The van der Waals surface area contributed by atoms with Gasteiger partial charge in [-0.15, -0.1) is 0 Å². The monoisotopic (exact) mass is 367 g/mol. The molecule has 0 heterocycles. The highest BCUT2D eigenvalue weighted by atomic mass is 19.1. The van der Waals surface area contributed by atoms with E-state index in [2.05, 4.69) is 6.07 Å². The molecule has 0 saturated carbocycles. The van der Waals surface area contributed by atoms with E-state index in [-0.39, 0.29) is 5.82 Å². The van der Waals surface area contributed by atoms with E-state index in [0.717, 1.165) is 57.1 Å². The van der Waals surface area contributed by atoms with Crippen LogP contribution in [0.2, 0.25) is 0 Å². The lowest BCUT2D eigenvalue weighted by molar-refractivity contribution is 0.474. The molecule has 0 radical (unpaired) electrons. The van der Waals surface area contributed by atoms with E-state index >= 15 is 0 Å². The highest BCUT2D eigenvalue weighted by Gasteiger charge is 2.19. The van der Waals surface area contributed by atoms with Crippen molar-refractivity contribution in [1.29, 1.82) is 0 Å². The van der Waals surface area contributed by atoms with Gasteiger partial charge in [0, 0.05) is 0 Å². The van der Waals surface area contributed by atoms with Crippen LogP contribution in [0.3, 0.4) is 0 Å². The van der Waals surface area contributed by atoms with Gasteiger partial charge in [0.2, 0.25) is 0 Å². The molecule has 0 spiro atoms. The first-order chi connectivity index (χ1) is 13.1. The average molecular weight is 368 g/mol. The number of hydrogen-bond donors (Lipinski definition) is 2. The number of allylic oxidation sites excluding steroid dienone is 2. The minimum atomic E-state index is -0.151. The molecular formula is C24H30FNO. The Labute approximate surface area is 161 Å². The van der Waals surface area contributed by atoms with E-state index in [9.17, 15) is 9.50 Å². The molecule has 3 heteroatoms. The van der Waals surface area contributed by atoms with Crippen LogP contribution >= 0.6 is 0 Å². The lowest BCUT2D eigenvalue weighted by Crippen LogP contribution is -1.98. The molecule has 1 aliphatic rings. The molecule has 2 nitrogen and oxygen atoms in total. The molecule has 0 aromatic heterocycles. The molecule has 0 fully saturated rings. The van der Waals surface area contributed by atoms with Gasteiger partial charge in [0.05, 0.1) is 0 Å². The van der Waals surface area contributed by atoms with E-state index in [1.807, 2.05) is 25.1 Å². The van der Waals surface area contributed by atoms with Crippen LogP contribution in [0.5, 0.6) is 5.75 Å². The summed E-state index contributed by atoms with van der Waals surface area (Å²) >= 11 is 0. The van der Waals surface area contributed by atoms with E-state index in [4.69, 9.17) is 5.73 Å². The number of rotatable bonds is 7. The van der Waals surface area contributed by atoms with Gasteiger partial charge >= 0.3 is 0 Å². The highest BCUT2D eigenvalue weighted by Crippen LogP contribution is 2.39. The smallest absolute Gasteiger partial charge is 0.126 e. The van der Waals surface area contributed by atoms with Crippen LogP contribution < -0.4 is 5.73 Å². The predicted molar refractivity (Wildman–Crippen MR) is 111 cm³/mol. The second-order valence-electron chi connectivity index (χ2n) is 7.57. The molecule has 27 heavy (non-hydrogen) atoms. The maximum Gasteiger partial charge on any atom is 0.126 e. The van der Waals surface area contributed by atoms with Crippen molar-refractivity contribution in [2.24, 2.45) is 5.73 Å². The van der Waals surface area contributed by atoms with Crippen molar-refractivity contribution in [2.75, 3.05) is 6.54 Å². The number of unbranched alkanes of at least 4 members (excludes halogenated alkanes) is 3. The van der Waals surface area contributed by atoms with E-state index in [0.29, 0.717) is 11.3 Å². The molecule has 0 saturated heterocycles. The molecule has 1 aliphatic carbocycles. The molecule has 2 aromatic carbocycles. The minimum Gasteiger partial charge on any atom is -0.508 e. The third-order valence-corrected chi connectivity index (χ3v) is 5.54. The van der Waals surface area contributed by atoms with Crippen LogP contribution in [0.15, 0.2) is 36.4 Å². The molecule has 2 aromatic rings. The lowest BCUT2D eigenvalue weighted by Gasteiger charge is -2.17. The average Bonchev–Trinajstić information content (AvgIpc) is 2.83. The van der Waals surface area contributed by atoms with Gasteiger partial charge in [-0.3, -0.25) is 0 Å². The largest absolute Gasteiger partial charge is 0.508 e. The zero-order valence-electron chi connectivity index (χ0n) is 16.2. The van der Waals surface area contributed by atoms with Crippen molar-refractivity contribution in [3.8, 4) is 5.75 Å². The van der Waals surface area contributed by atoms with Gasteiger partial charge in [0.25, 0.3) is 0 Å². The maximum absolute atomic E-state index is 13.8. The normalized spacial score (nSPS) is 14.2. The van der Waals surface area contributed by atoms with Gasteiger partial charge in [0.15, 0.2) is 0 Å². The van der Waals surface area contributed by atoms with Crippen LogP contribution in [0.25, 0.3) is 11.1 Å². The standard InChI is InChI=1S/C24H30FNO/c1-17-15-19(10-13-24(17)25)21-9-6-7-18-16-20(27)11-12-22(18)23(21)8-4-2-3-5-14-26/h10-13,15-16,27H,2-9,14,26H2,1H3. The number of hydrogen-bond acceptors (Lipinski definition) is 2. The zero-order chi connectivity index (χ0) is 19.2. The number of phenols is 1. The van der Waals surface area contributed by atoms with Crippen molar-refractivity contribution in [2.45, 2.75) is 58.3 Å². The van der Waals surface area contributed by atoms with Gasteiger partial charge in [-0.25, -0.2) is 4.39 Å². The van der Waals surface area contributed by atoms with Crippen molar-refractivity contribution >= 4 is 11.1 Å². The maximum atomic E-state index is 13.8. The molecule has 3 rings (SSSR count). The van der Waals surface area contributed by atoms with Crippen LogP contribution in [0.4, 0.5) is 4.39 Å². The summed E-state index contributed by atoms with van der Waals surface area (Å²) in [6.45, 7) is 2.58. The van der Waals surface area contributed by atoms with Gasteiger partial charge in [-0.2, -0.15) is 0 Å². The summed E-state index contributed by atoms with van der Waals surface area (Å²) in [6.07, 6.45) is 8.53. The Morgan fingerprint density at radius 3 is 2.59 bits per heavy atom. The summed E-state index contributed by atoms with van der Waals surface area (Å²) in [6, 6.07) is 11.2. The summed E-state index contributed by atoms with van der Waals surface area (Å²) in [7, 11) is 0. The summed E-state index contributed by atoms with van der Waals surface area (Å²) in [5, 5.41) is 9.92. The van der Waals surface area contributed by atoms with Crippen molar-refractivity contribution < 1.29 is 9.50 Å². The first-order valence-corrected chi connectivity index (χ1v) is 10.1. The fourth-order valence-corrected chi connectivity index (χ4v) is 4.09. The zero-order valence-corrected chi connectivity index (χ0v) is 16.2. The summed E-state index contributed by atoms with van der Waals surface area (Å²) in [4.78, 5) is 0. The van der Waals surface area contributed by atoms with Gasteiger partial charge in [-0.1, -0.05) is 25.0 Å². The molecule has 0 bridgehead atoms. The number of benzene rings is 2. The first-order valence-electron chi connectivity index (χ1n) is 10.1. The Morgan fingerprint density at radius 2 is 1.81 bits per heavy atom. The van der Waals surface area contributed by atoms with E-state index < -0.39 is 0 Å².